The van der Waals surface area contributed by atoms with E-state index >= 15 is 0 Å². The van der Waals surface area contributed by atoms with Gasteiger partial charge in [-0.05, 0) is 45.3 Å². The highest BCUT2D eigenvalue weighted by Gasteiger charge is 2.20. The van der Waals surface area contributed by atoms with Gasteiger partial charge in [-0.1, -0.05) is 13.8 Å². The van der Waals surface area contributed by atoms with Gasteiger partial charge in [0.15, 0.2) is 0 Å². The van der Waals surface area contributed by atoms with E-state index in [1.807, 2.05) is 0 Å². The molecular weight excluding hydrogens is 188 g/mol. The minimum absolute atomic E-state index is 0.270. The van der Waals surface area contributed by atoms with Crippen molar-refractivity contribution in [2.24, 2.45) is 0 Å². The number of hydrogen-bond donors (Lipinski definition) is 2. The highest BCUT2D eigenvalue weighted by Crippen LogP contribution is 2.11. The molecule has 1 atom stereocenters. The number of piperidine rings is 1. The van der Waals surface area contributed by atoms with Crippen molar-refractivity contribution in [1.82, 2.24) is 10.2 Å². The van der Waals surface area contributed by atoms with Gasteiger partial charge in [0.05, 0.1) is 6.61 Å². The molecule has 0 aliphatic carbocycles. The standard InChI is InChI=1S/C12H26N2O/c1-3-7-14-8-5-12(6-9-14)13-11(4-2)10-15/h11-13,15H,3-10H2,1-2H3. The first-order valence-corrected chi connectivity index (χ1v) is 6.39. The highest BCUT2D eigenvalue weighted by molar-refractivity contribution is 4.79. The lowest BCUT2D eigenvalue weighted by Gasteiger charge is -2.33. The normalized spacial score (nSPS) is 21.8. The Kier molecular flexibility index (Phi) is 6.22. The van der Waals surface area contributed by atoms with Crippen LogP contribution in [0, 0.1) is 0 Å². The molecule has 0 amide bonds. The van der Waals surface area contributed by atoms with Crippen molar-refractivity contribution in [1.29, 1.82) is 0 Å². The van der Waals surface area contributed by atoms with E-state index in [4.69, 9.17) is 5.11 Å². The molecule has 0 spiro atoms. The Bertz CT molecular complexity index is 152. The second-order valence-electron chi connectivity index (χ2n) is 4.57. The summed E-state index contributed by atoms with van der Waals surface area (Å²) in [5.41, 5.74) is 0. The van der Waals surface area contributed by atoms with Gasteiger partial charge in [0.25, 0.3) is 0 Å². The maximum atomic E-state index is 9.12. The quantitative estimate of drug-likeness (QED) is 0.698. The molecule has 1 aliphatic heterocycles. The molecule has 15 heavy (non-hydrogen) atoms. The molecule has 1 aliphatic rings. The summed E-state index contributed by atoms with van der Waals surface area (Å²) < 4.78 is 0. The third-order valence-electron chi connectivity index (χ3n) is 3.31. The number of hydrogen-bond acceptors (Lipinski definition) is 3. The van der Waals surface area contributed by atoms with Crippen molar-refractivity contribution in [3.63, 3.8) is 0 Å². The van der Waals surface area contributed by atoms with Crippen LogP contribution in [0.5, 0.6) is 0 Å². The first-order chi connectivity index (χ1) is 7.30. The number of rotatable bonds is 6. The molecule has 1 saturated heterocycles. The second-order valence-corrected chi connectivity index (χ2v) is 4.57. The van der Waals surface area contributed by atoms with Crippen molar-refractivity contribution in [2.45, 2.75) is 51.6 Å². The summed E-state index contributed by atoms with van der Waals surface area (Å²) in [5.74, 6) is 0. The molecule has 90 valence electrons. The minimum Gasteiger partial charge on any atom is -0.395 e. The van der Waals surface area contributed by atoms with Crippen LogP contribution >= 0.6 is 0 Å². The fourth-order valence-corrected chi connectivity index (χ4v) is 2.27. The monoisotopic (exact) mass is 214 g/mol. The Morgan fingerprint density at radius 2 is 2.00 bits per heavy atom. The molecule has 1 rings (SSSR count). The molecule has 1 fully saturated rings. The first-order valence-electron chi connectivity index (χ1n) is 6.39. The van der Waals surface area contributed by atoms with E-state index in [1.165, 1.54) is 38.9 Å². The third-order valence-corrected chi connectivity index (χ3v) is 3.31. The van der Waals surface area contributed by atoms with Crippen molar-refractivity contribution in [3.8, 4) is 0 Å². The summed E-state index contributed by atoms with van der Waals surface area (Å²) in [6, 6.07) is 0.919. The van der Waals surface area contributed by atoms with E-state index in [1.54, 1.807) is 0 Å². The second kappa shape index (κ2) is 7.20. The van der Waals surface area contributed by atoms with Gasteiger partial charge in [-0.3, -0.25) is 0 Å². The van der Waals surface area contributed by atoms with Crippen LogP contribution in [0.25, 0.3) is 0 Å². The SMILES string of the molecule is CCCN1CCC(NC(CC)CO)CC1. The number of aliphatic hydroxyl groups excluding tert-OH is 1. The van der Waals surface area contributed by atoms with E-state index < -0.39 is 0 Å². The van der Waals surface area contributed by atoms with Crippen molar-refractivity contribution in [2.75, 3.05) is 26.2 Å². The first kappa shape index (κ1) is 12.9. The van der Waals surface area contributed by atoms with Crippen LogP contribution in [0.1, 0.15) is 39.5 Å². The van der Waals surface area contributed by atoms with Crippen LogP contribution in [0.2, 0.25) is 0 Å². The molecule has 0 radical (unpaired) electrons. The molecular formula is C12H26N2O. The Balaban J connectivity index is 2.19. The fourth-order valence-electron chi connectivity index (χ4n) is 2.27. The van der Waals surface area contributed by atoms with E-state index in [9.17, 15) is 0 Å². The lowest BCUT2D eigenvalue weighted by molar-refractivity contribution is 0.170. The largest absolute Gasteiger partial charge is 0.395 e. The molecule has 0 saturated carbocycles. The number of nitrogens with zero attached hydrogens (tertiary/aromatic N) is 1. The average molecular weight is 214 g/mol. The predicted molar refractivity (Wildman–Crippen MR) is 64.1 cm³/mol. The van der Waals surface area contributed by atoms with E-state index in [2.05, 4.69) is 24.1 Å². The van der Waals surface area contributed by atoms with Crippen LogP contribution in [0.15, 0.2) is 0 Å². The van der Waals surface area contributed by atoms with E-state index in [-0.39, 0.29) is 6.61 Å². The van der Waals surface area contributed by atoms with Crippen LogP contribution in [0.4, 0.5) is 0 Å². The lowest BCUT2D eigenvalue weighted by atomic mass is 10.0. The van der Waals surface area contributed by atoms with Gasteiger partial charge < -0.3 is 15.3 Å². The summed E-state index contributed by atoms with van der Waals surface area (Å²) in [4.78, 5) is 2.54. The molecule has 2 N–H and O–H groups in total. The summed E-state index contributed by atoms with van der Waals surface area (Å²) in [7, 11) is 0. The molecule has 0 aromatic rings. The fraction of sp³-hybridized carbons (Fsp3) is 1.00. The Morgan fingerprint density at radius 3 is 2.47 bits per heavy atom. The summed E-state index contributed by atoms with van der Waals surface area (Å²) in [6.07, 6.45) is 4.74. The van der Waals surface area contributed by atoms with Crippen LogP contribution in [0.3, 0.4) is 0 Å². The van der Waals surface area contributed by atoms with Gasteiger partial charge >= 0.3 is 0 Å². The zero-order valence-corrected chi connectivity index (χ0v) is 10.2. The molecule has 1 unspecified atom stereocenters. The maximum Gasteiger partial charge on any atom is 0.0584 e. The number of likely N-dealkylation sites (tertiary alicyclic amines) is 1. The Morgan fingerprint density at radius 1 is 1.33 bits per heavy atom. The molecule has 3 nitrogen and oxygen atoms in total. The predicted octanol–water partition coefficient (Wildman–Crippen LogP) is 1.22. The van der Waals surface area contributed by atoms with E-state index in [0.29, 0.717) is 12.1 Å². The van der Waals surface area contributed by atoms with Gasteiger partial charge in [-0.15, -0.1) is 0 Å². The maximum absolute atomic E-state index is 9.12. The van der Waals surface area contributed by atoms with Gasteiger partial charge in [-0.25, -0.2) is 0 Å². The highest BCUT2D eigenvalue weighted by atomic mass is 16.3. The molecule has 0 aromatic carbocycles. The Hall–Kier alpha value is -0.120. The van der Waals surface area contributed by atoms with Crippen molar-refractivity contribution in [3.05, 3.63) is 0 Å². The zero-order chi connectivity index (χ0) is 11.1. The van der Waals surface area contributed by atoms with Gasteiger partial charge in [-0.2, -0.15) is 0 Å². The van der Waals surface area contributed by atoms with Crippen molar-refractivity contribution < 1.29 is 5.11 Å². The topological polar surface area (TPSA) is 35.5 Å². The van der Waals surface area contributed by atoms with Crippen LogP contribution in [-0.2, 0) is 0 Å². The van der Waals surface area contributed by atoms with Crippen molar-refractivity contribution >= 4 is 0 Å². The third kappa shape index (κ3) is 4.49. The van der Waals surface area contributed by atoms with Gasteiger partial charge in [0, 0.05) is 12.1 Å². The molecule has 3 heteroatoms. The smallest absolute Gasteiger partial charge is 0.0584 e. The summed E-state index contributed by atoms with van der Waals surface area (Å²) >= 11 is 0. The molecule has 0 aromatic heterocycles. The van der Waals surface area contributed by atoms with E-state index in [0.717, 1.165) is 6.42 Å². The minimum atomic E-state index is 0.270. The summed E-state index contributed by atoms with van der Waals surface area (Å²) in [5, 5.41) is 12.7. The lowest BCUT2D eigenvalue weighted by Crippen LogP contribution is -2.47. The number of nitrogens with one attached hydrogen (secondary N) is 1. The Labute approximate surface area is 93.9 Å². The molecule has 1 heterocycles. The average Bonchev–Trinajstić information content (AvgIpc) is 2.28. The summed E-state index contributed by atoms with van der Waals surface area (Å²) in [6.45, 7) is 8.31. The van der Waals surface area contributed by atoms with Crippen LogP contribution < -0.4 is 5.32 Å². The van der Waals surface area contributed by atoms with Crippen LogP contribution in [-0.4, -0.2) is 48.3 Å². The zero-order valence-electron chi connectivity index (χ0n) is 10.2. The van der Waals surface area contributed by atoms with Gasteiger partial charge in [0.2, 0.25) is 0 Å². The van der Waals surface area contributed by atoms with Gasteiger partial charge in [0.1, 0.15) is 0 Å². The molecule has 0 bridgehead atoms. The number of aliphatic hydroxyl groups is 1.